The molecule has 0 atom stereocenters. The van der Waals surface area contributed by atoms with Crippen LogP contribution in [0.4, 0.5) is 0 Å². The van der Waals surface area contributed by atoms with Crippen molar-refractivity contribution in [3.8, 4) is 0 Å². The maximum absolute atomic E-state index is 11.9. The number of carboxylic acid groups (broad SMARTS) is 1. The third kappa shape index (κ3) is 4.00. The number of hydrogen-bond acceptors (Lipinski definition) is 3. The van der Waals surface area contributed by atoms with Crippen LogP contribution in [-0.4, -0.2) is 59.5 Å². The Hall–Kier alpha value is -1.10. The third-order valence-electron chi connectivity index (χ3n) is 3.39. The Morgan fingerprint density at radius 2 is 1.82 bits per heavy atom. The third-order valence-corrected chi connectivity index (χ3v) is 3.39. The van der Waals surface area contributed by atoms with Crippen molar-refractivity contribution in [1.82, 2.24) is 9.80 Å². The standard InChI is InChI=1S/C12H20N2O3/c15-11(14-5-1-2-6-14)8-13(9-12(16)17)7-10-3-4-10/h10H,1-9H2,(H,16,17). The highest BCUT2D eigenvalue weighted by Gasteiger charge is 2.27. The Kier molecular flexibility index (Phi) is 3.99. The zero-order chi connectivity index (χ0) is 12.3. The number of aliphatic carboxylic acids is 1. The van der Waals surface area contributed by atoms with Crippen LogP contribution in [-0.2, 0) is 9.59 Å². The second-order valence-electron chi connectivity index (χ2n) is 5.09. The number of amides is 1. The van der Waals surface area contributed by atoms with E-state index in [1.165, 1.54) is 12.8 Å². The molecular formula is C12H20N2O3. The minimum absolute atomic E-state index is 0.0178. The van der Waals surface area contributed by atoms with Gasteiger partial charge in [-0.15, -0.1) is 0 Å². The Balaban J connectivity index is 1.81. The van der Waals surface area contributed by atoms with Crippen molar-refractivity contribution in [2.45, 2.75) is 25.7 Å². The molecule has 2 aliphatic rings. The molecule has 1 saturated heterocycles. The predicted octanol–water partition coefficient (Wildman–Crippen LogP) is 0.405. The van der Waals surface area contributed by atoms with Crippen molar-refractivity contribution in [3.05, 3.63) is 0 Å². The molecule has 1 N–H and O–H groups in total. The van der Waals surface area contributed by atoms with Gasteiger partial charge in [0, 0.05) is 19.6 Å². The molecule has 0 aromatic heterocycles. The Labute approximate surface area is 101 Å². The Morgan fingerprint density at radius 1 is 1.18 bits per heavy atom. The lowest BCUT2D eigenvalue weighted by molar-refractivity contribution is -0.139. The molecule has 0 radical (unpaired) electrons. The van der Waals surface area contributed by atoms with Crippen LogP contribution in [0.5, 0.6) is 0 Å². The zero-order valence-corrected chi connectivity index (χ0v) is 10.1. The van der Waals surface area contributed by atoms with Crippen LogP contribution in [0.25, 0.3) is 0 Å². The van der Waals surface area contributed by atoms with Crippen molar-refractivity contribution >= 4 is 11.9 Å². The zero-order valence-electron chi connectivity index (χ0n) is 10.1. The molecule has 1 saturated carbocycles. The normalized spacial score (nSPS) is 19.9. The van der Waals surface area contributed by atoms with E-state index in [-0.39, 0.29) is 19.0 Å². The van der Waals surface area contributed by atoms with Gasteiger partial charge >= 0.3 is 5.97 Å². The molecule has 17 heavy (non-hydrogen) atoms. The van der Waals surface area contributed by atoms with Crippen LogP contribution in [0.1, 0.15) is 25.7 Å². The molecule has 2 fully saturated rings. The van der Waals surface area contributed by atoms with Crippen LogP contribution in [0.3, 0.4) is 0 Å². The fourth-order valence-electron chi connectivity index (χ4n) is 2.30. The minimum atomic E-state index is -0.847. The molecule has 1 heterocycles. The van der Waals surface area contributed by atoms with Gasteiger partial charge in [0.25, 0.3) is 0 Å². The van der Waals surface area contributed by atoms with E-state index in [2.05, 4.69) is 0 Å². The van der Waals surface area contributed by atoms with Gasteiger partial charge in [-0.05, 0) is 31.6 Å². The number of rotatable bonds is 6. The summed E-state index contributed by atoms with van der Waals surface area (Å²) in [5, 5.41) is 8.83. The van der Waals surface area contributed by atoms with Crippen LogP contribution < -0.4 is 0 Å². The van der Waals surface area contributed by atoms with Crippen LogP contribution in [0, 0.1) is 5.92 Å². The maximum Gasteiger partial charge on any atom is 0.317 e. The first-order valence-electron chi connectivity index (χ1n) is 6.37. The summed E-state index contributed by atoms with van der Waals surface area (Å²) in [6.07, 6.45) is 4.50. The van der Waals surface area contributed by atoms with E-state index in [9.17, 15) is 9.59 Å². The molecule has 1 aliphatic carbocycles. The quantitative estimate of drug-likeness (QED) is 0.730. The monoisotopic (exact) mass is 240 g/mol. The molecule has 96 valence electrons. The first-order valence-corrected chi connectivity index (χ1v) is 6.37. The average Bonchev–Trinajstić information content (AvgIpc) is 2.90. The van der Waals surface area contributed by atoms with E-state index in [0.29, 0.717) is 5.92 Å². The fourth-order valence-corrected chi connectivity index (χ4v) is 2.30. The van der Waals surface area contributed by atoms with Gasteiger partial charge in [0.2, 0.25) is 5.91 Å². The van der Waals surface area contributed by atoms with Gasteiger partial charge < -0.3 is 10.0 Å². The molecule has 0 aromatic rings. The van der Waals surface area contributed by atoms with Gasteiger partial charge in [0.1, 0.15) is 0 Å². The first-order chi connectivity index (χ1) is 8.15. The summed E-state index contributed by atoms with van der Waals surface area (Å²) in [7, 11) is 0. The number of carboxylic acids is 1. The Bertz CT molecular complexity index is 296. The average molecular weight is 240 g/mol. The Morgan fingerprint density at radius 3 is 2.35 bits per heavy atom. The van der Waals surface area contributed by atoms with Crippen LogP contribution in [0.2, 0.25) is 0 Å². The summed E-state index contributed by atoms with van der Waals surface area (Å²) in [5.74, 6) is -0.148. The molecule has 0 aromatic carbocycles. The van der Waals surface area contributed by atoms with Crippen molar-refractivity contribution < 1.29 is 14.7 Å². The van der Waals surface area contributed by atoms with Gasteiger partial charge in [-0.3, -0.25) is 14.5 Å². The molecule has 5 heteroatoms. The molecule has 0 bridgehead atoms. The highest BCUT2D eigenvalue weighted by Crippen LogP contribution is 2.29. The van der Waals surface area contributed by atoms with E-state index < -0.39 is 5.97 Å². The second-order valence-corrected chi connectivity index (χ2v) is 5.09. The lowest BCUT2D eigenvalue weighted by atomic mass is 10.3. The summed E-state index contributed by atoms with van der Waals surface area (Å²) < 4.78 is 0. The largest absolute Gasteiger partial charge is 0.480 e. The lowest BCUT2D eigenvalue weighted by Crippen LogP contribution is -2.41. The van der Waals surface area contributed by atoms with E-state index in [0.717, 1.165) is 32.5 Å². The van der Waals surface area contributed by atoms with Crippen molar-refractivity contribution in [3.63, 3.8) is 0 Å². The topological polar surface area (TPSA) is 60.9 Å². The van der Waals surface area contributed by atoms with E-state index >= 15 is 0 Å². The molecule has 2 rings (SSSR count). The number of hydrogen-bond donors (Lipinski definition) is 1. The van der Waals surface area contributed by atoms with E-state index in [4.69, 9.17) is 5.11 Å². The van der Waals surface area contributed by atoms with Gasteiger partial charge in [0.05, 0.1) is 13.1 Å². The number of carbonyl (C=O) groups excluding carboxylic acids is 1. The SMILES string of the molecule is O=C(O)CN(CC(=O)N1CCCC1)CC1CC1. The molecular weight excluding hydrogens is 220 g/mol. The van der Waals surface area contributed by atoms with E-state index in [1.54, 1.807) is 4.90 Å². The number of carbonyl (C=O) groups is 2. The van der Waals surface area contributed by atoms with E-state index in [1.807, 2.05) is 4.90 Å². The number of nitrogens with zero attached hydrogens (tertiary/aromatic N) is 2. The van der Waals surface area contributed by atoms with Crippen molar-refractivity contribution in [2.24, 2.45) is 5.92 Å². The van der Waals surface area contributed by atoms with Crippen molar-refractivity contribution in [2.75, 3.05) is 32.7 Å². The highest BCUT2D eigenvalue weighted by molar-refractivity contribution is 5.79. The fraction of sp³-hybridized carbons (Fsp3) is 0.833. The predicted molar refractivity (Wildman–Crippen MR) is 62.6 cm³/mol. The minimum Gasteiger partial charge on any atom is -0.480 e. The van der Waals surface area contributed by atoms with Crippen LogP contribution in [0.15, 0.2) is 0 Å². The summed E-state index contributed by atoms with van der Waals surface area (Å²) in [6.45, 7) is 2.68. The molecule has 5 nitrogen and oxygen atoms in total. The van der Waals surface area contributed by atoms with Crippen molar-refractivity contribution in [1.29, 1.82) is 0 Å². The number of likely N-dealkylation sites (tertiary alicyclic amines) is 1. The summed E-state index contributed by atoms with van der Waals surface area (Å²) >= 11 is 0. The van der Waals surface area contributed by atoms with Gasteiger partial charge in [-0.1, -0.05) is 0 Å². The maximum atomic E-state index is 11.9. The second kappa shape index (κ2) is 5.49. The van der Waals surface area contributed by atoms with Gasteiger partial charge in [-0.2, -0.15) is 0 Å². The lowest BCUT2D eigenvalue weighted by Gasteiger charge is -2.23. The summed E-state index contributed by atoms with van der Waals surface area (Å²) in [5.41, 5.74) is 0. The first kappa shape index (κ1) is 12.4. The molecule has 1 amide bonds. The van der Waals surface area contributed by atoms with Crippen LogP contribution >= 0.6 is 0 Å². The molecule has 0 spiro atoms. The molecule has 0 unspecified atom stereocenters. The molecule has 1 aliphatic heterocycles. The summed E-state index contributed by atoms with van der Waals surface area (Å²) in [6, 6.07) is 0. The van der Waals surface area contributed by atoms with Gasteiger partial charge in [0.15, 0.2) is 0 Å². The highest BCUT2D eigenvalue weighted by atomic mass is 16.4. The van der Waals surface area contributed by atoms with Gasteiger partial charge in [-0.25, -0.2) is 0 Å². The summed E-state index contributed by atoms with van der Waals surface area (Å²) in [4.78, 5) is 26.3. The smallest absolute Gasteiger partial charge is 0.317 e.